The molecule has 1 saturated heterocycles. The Morgan fingerprint density at radius 3 is 2.71 bits per heavy atom. The van der Waals surface area contributed by atoms with Crippen LogP contribution < -0.4 is 10.2 Å². The molecule has 0 spiro atoms. The van der Waals surface area contributed by atoms with Crippen LogP contribution in [0, 0.1) is 0 Å². The number of ether oxygens (including phenoxy) is 1. The smallest absolute Gasteiger partial charge is 0.185 e. The molecule has 0 radical (unpaired) electrons. The van der Waals surface area contributed by atoms with Crippen LogP contribution in [-0.2, 0) is 11.3 Å². The third kappa shape index (κ3) is 3.41. The quantitative estimate of drug-likeness (QED) is 0.876. The molecule has 2 heterocycles. The maximum atomic E-state index is 5.71. The van der Waals surface area contributed by atoms with E-state index in [1.165, 1.54) is 28.5 Å². The second kappa shape index (κ2) is 6.23. The lowest BCUT2D eigenvalue weighted by Crippen LogP contribution is -2.36. The summed E-state index contributed by atoms with van der Waals surface area (Å²) < 4.78 is 5.71. The van der Waals surface area contributed by atoms with Gasteiger partial charge in [-0.25, -0.2) is 4.98 Å². The zero-order valence-electron chi connectivity index (χ0n) is 13.6. The van der Waals surface area contributed by atoms with Crippen molar-refractivity contribution in [3.63, 3.8) is 0 Å². The van der Waals surface area contributed by atoms with Gasteiger partial charge < -0.3 is 15.0 Å². The molecular weight excluding hydrogens is 282 g/mol. The highest BCUT2D eigenvalue weighted by atomic mass is 32.1. The van der Waals surface area contributed by atoms with Crippen molar-refractivity contribution in [1.82, 2.24) is 10.3 Å². The van der Waals surface area contributed by atoms with Crippen LogP contribution in [0.25, 0.3) is 0 Å². The molecule has 2 atom stereocenters. The van der Waals surface area contributed by atoms with Gasteiger partial charge in [-0.1, -0.05) is 13.8 Å². The van der Waals surface area contributed by atoms with Gasteiger partial charge >= 0.3 is 0 Å². The minimum Gasteiger partial charge on any atom is -0.376 e. The highest BCUT2D eigenvalue weighted by Gasteiger charge is 2.33. The Hall–Kier alpha value is -0.650. The zero-order valence-corrected chi connectivity index (χ0v) is 14.4. The molecule has 1 N–H and O–H groups in total. The van der Waals surface area contributed by atoms with E-state index in [1.54, 1.807) is 0 Å². The molecule has 1 aliphatic heterocycles. The summed E-state index contributed by atoms with van der Waals surface area (Å²) in [4.78, 5) is 8.75. The second-order valence-electron chi connectivity index (χ2n) is 6.66. The van der Waals surface area contributed by atoms with Gasteiger partial charge in [-0.15, -0.1) is 11.3 Å². The third-order valence-electron chi connectivity index (χ3n) is 4.49. The first-order chi connectivity index (χ1) is 10.1. The normalized spacial score (nSPS) is 25.8. The highest BCUT2D eigenvalue weighted by molar-refractivity contribution is 7.15. The van der Waals surface area contributed by atoms with Crippen molar-refractivity contribution in [1.29, 1.82) is 0 Å². The Balaban J connectivity index is 1.77. The first-order valence-electron chi connectivity index (χ1n) is 8.13. The van der Waals surface area contributed by atoms with Gasteiger partial charge in [0, 0.05) is 37.0 Å². The van der Waals surface area contributed by atoms with Crippen LogP contribution in [0.5, 0.6) is 0 Å². The van der Waals surface area contributed by atoms with E-state index in [4.69, 9.17) is 9.72 Å². The summed E-state index contributed by atoms with van der Waals surface area (Å²) in [6, 6.07) is 0.984. The minimum absolute atomic E-state index is 0.306. The number of anilines is 1. The van der Waals surface area contributed by atoms with Gasteiger partial charge in [0.25, 0.3) is 0 Å². The van der Waals surface area contributed by atoms with Crippen LogP contribution in [0.15, 0.2) is 0 Å². The molecule has 2 unspecified atom stereocenters. The number of nitrogens with zero attached hydrogens (tertiary/aromatic N) is 2. The van der Waals surface area contributed by atoms with Crippen molar-refractivity contribution >= 4 is 16.5 Å². The van der Waals surface area contributed by atoms with Gasteiger partial charge in [-0.05, 0) is 26.2 Å². The maximum Gasteiger partial charge on any atom is 0.185 e. The van der Waals surface area contributed by atoms with Gasteiger partial charge in [0.15, 0.2) is 5.13 Å². The van der Waals surface area contributed by atoms with Crippen molar-refractivity contribution in [3.05, 3.63) is 10.6 Å². The first-order valence-corrected chi connectivity index (χ1v) is 8.95. The van der Waals surface area contributed by atoms with Gasteiger partial charge in [-0.3, -0.25) is 0 Å². The summed E-state index contributed by atoms with van der Waals surface area (Å²) in [5.41, 5.74) is 1.35. The summed E-state index contributed by atoms with van der Waals surface area (Å²) in [6.07, 6.45) is 4.03. The Morgan fingerprint density at radius 2 is 2.14 bits per heavy atom. The largest absolute Gasteiger partial charge is 0.376 e. The van der Waals surface area contributed by atoms with E-state index < -0.39 is 0 Å². The molecule has 2 aliphatic rings. The van der Waals surface area contributed by atoms with E-state index in [1.807, 2.05) is 11.3 Å². The molecule has 2 fully saturated rings. The fourth-order valence-electron chi connectivity index (χ4n) is 2.97. The predicted molar refractivity (Wildman–Crippen MR) is 88.3 cm³/mol. The fourth-order valence-corrected chi connectivity index (χ4v) is 4.09. The summed E-state index contributed by atoms with van der Waals surface area (Å²) >= 11 is 1.86. The zero-order chi connectivity index (χ0) is 15.0. The molecular formula is C16H27N3OS. The van der Waals surface area contributed by atoms with Crippen LogP contribution >= 0.6 is 11.3 Å². The molecule has 0 aromatic carbocycles. The lowest BCUT2D eigenvalue weighted by Gasteiger charge is -2.26. The molecule has 1 saturated carbocycles. The molecule has 21 heavy (non-hydrogen) atoms. The van der Waals surface area contributed by atoms with Crippen LogP contribution in [0.4, 0.5) is 5.13 Å². The molecule has 4 nitrogen and oxygen atoms in total. The molecule has 3 rings (SSSR count). The minimum atomic E-state index is 0.306. The molecule has 1 aromatic heterocycles. The first kappa shape index (κ1) is 15.3. The highest BCUT2D eigenvalue weighted by Crippen LogP contribution is 2.44. The topological polar surface area (TPSA) is 37.4 Å². The number of hydrogen-bond donors (Lipinski definition) is 1. The molecule has 1 aromatic rings. The number of aromatic nitrogens is 1. The number of hydrogen-bond acceptors (Lipinski definition) is 5. The standard InChI is InChI=1S/C16H27N3OS/c1-10(2)17-9-14-15(12-5-6-12)18-16(21-14)19(4)13-7-8-20-11(13)3/h10-13,17H,5-9H2,1-4H3. The summed E-state index contributed by atoms with van der Waals surface area (Å²) in [6.45, 7) is 8.39. The third-order valence-corrected chi connectivity index (χ3v) is 5.65. The number of rotatable bonds is 6. The summed E-state index contributed by atoms with van der Waals surface area (Å²) in [5, 5.41) is 4.71. The Labute approximate surface area is 131 Å². The Bertz CT molecular complexity index is 484. The van der Waals surface area contributed by atoms with Crippen LogP contribution in [0.2, 0.25) is 0 Å². The van der Waals surface area contributed by atoms with Crippen molar-refractivity contribution in [2.75, 3.05) is 18.6 Å². The van der Waals surface area contributed by atoms with Gasteiger partial charge in [-0.2, -0.15) is 0 Å². The fraction of sp³-hybridized carbons (Fsp3) is 0.812. The monoisotopic (exact) mass is 309 g/mol. The van der Waals surface area contributed by atoms with E-state index in [-0.39, 0.29) is 0 Å². The Kier molecular flexibility index (Phi) is 4.52. The lowest BCUT2D eigenvalue weighted by atomic mass is 10.1. The second-order valence-corrected chi connectivity index (χ2v) is 7.72. The predicted octanol–water partition coefficient (Wildman–Crippen LogP) is 3.13. The molecule has 0 bridgehead atoms. The number of nitrogens with one attached hydrogen (secondary N) is 1. The van der Waals surface area contributed by atoms with Gasteiger partial charge in [0.1, 0.15) is 0 Å². The number of thiazole rings is 1. The molecule has 5 heteroatoms. The number of likely N-dealkylation sites (N-methyl/N-ethyl adjacent to an activating group) is 1. The van der Waals surface area contributed by atoms with Crippen molar-refractivity contribution in [2.45, 2.75) is 70.7 Å². The van der Waals surface area contributed by atoms with Crippen molar-refractivity contribution in [3.8, 4) is 0 Å². The van der Waals surface area contributed by atoms with Crippen LogP contribution in [-0.4, -0.2) is 36.8 Å². The molecule has 118 valence electrons. The van der Waals surface area contributed by atoms with E-state index in [0.717, 1.165) is 19.6 Å². The van der Waals surface area contributed by atoms with E-state index >= 15 is 0 Å². The van der Waals surface area contributed by atoms with Crippen molar-refractivity contribution < 1.29 is 4.74 Å². The van der Waals surface area contributed by atoms with E-state index in [2.05, 4.69) is 38.0 Å². The SMILES string of the molecule is CC(C)NCc1sc(N(C)C2CCOC2C)nc1C1CC1. The average molecular weight is 309 g/mol. The average Bonchev–Trinajstić information content (AvgIpc) is 3.06. The van der Waals surface area contributed by atoms with Gasteiger partial charge in [0.05, 0.1) is 17.8 Å². The van der Waals surface area contributed by atoms with E-state index in [9.17, 15) is 0 Å². The van der Waals surface area contributed by atoms with Crippen molar-refractivity contribution in [2.24, 2.45) is 0 Å². The van der Waals surface area contributed by atoms with E-state index in [0.29, 0.717) is 24.1 Å². The van der Waals surface area contributed by atoms with Gasteiger partial charge in [0.2, 0.25) is 0 Å². The molecule has 1 aliphatic carbocycles. The summed E-state index contributed by atoms with van der Waals surface area (Å²) in [7, 11) is 2.17. The molecule has 0 amide bonds. The van der Waals surface area contributed by atoms with Crippen LogP contribution in [0.1, 0.15) is 56.5 Å². The van der Waals surface area contributed by atoms with Crippen LogP contribution in [0.3, 0.4) is 0 Å². The summed E-state index contributed by atoms with van der Waals surface area (Å²) in [5.74, 6) is 0.713. The lowest BCUT2D eigenvalue weighted by molar-refractivity contribution is 0.118. The maximum absolute atomic E-state index is 5.71. The Morgan fingerprint density at radius 1 is 1.38 bits per heavy atom.